The summed E-state index contributed by atoms with van der Waals surface area (Å²) in [6.07, 6.45) is 3.84. The molecule has 1 aliphatic carbocycles. The van der Waals surface area contributed by atoms with Crippen molar-refractivity contribution in [3.05, 3.63) is 89.0 Å². The highest BCUT2D eigenvalue weighted by Crippen LogP contribution is 2.32. The number of benzene rings is 3. The van der Waals surface area contributed by atoms with Gasteiger partial charge in [-0.2, -0.15) is 4.99 Å². The third kappa shape index (κ3) is 4.84. The second kappa shape index (κ2) is 8.49. The summed E-state index contributed by atoms with van der Waals surface area (Å²) in [7, 11) is 0. The quantitative estimate of drug-likeness (QED) is 0.269. The van der Waals surface area contributed by atoms with Gasteiger partial charge >= 0.3 is 0 Å². The van der Waals surface area contributed by atoms with Crippen molar-refractivity contribution in [3.8, 4) is 23.0 Å². The Hall–Kier alpha value is -3.12. The first-order valence-corrected chi connectivity index (χ1v) is 9.81. The Morgan fingerprint density at radius 2 is 1.41 bits per heavy atom. The van der Waals surface area contributed by atoms with Gasteiger partial charge < -0.3 is 0 Å². The lowest BCUT2D eigenvalue weighted by molar-refractivity contribution is 0.590. The summed E-state index contributed by atoms with van der Waals surface area (Å²) in [6, 6.07) is 17.4. The van der Waals surface area contributed by atoms with Crippen LogP contribution in [0.2, 0.25) is 0 Å². The number of thiocarbonyl (C=S) groups is 1. The summed E-state index contributed by atoms with van der Waals surface area (Å²) in [5, 5.41) is 2.11. The highest BCUT2D eigenvalue weighted by atomic mass is 32.1. The van der Waals surface area contributed by atoms with Crippen molar-refractivity contribution < 1.29 is 8.78 Å². The summed E-state index contributed by atoms with van der Waals surface area (Å²) in [5.41, 5.74) is 3.52. The van der Waals surface area contributed by atoms with E-state index in [0.717, 1.165) is 35.6 Å². The zero-order valence-corrected chi connectivity index (χ0v) is 16.4. The van der Waals surface area contributed by atoms with Crippen LogP contribution in [0.5, 0.6) is 0 Å². The molecule has 0 aromatic heterocycles. The molecule has 0 amide bonds. The largest absolute Gasteiger partial charge is 0.206 e. The van der Waals surface area contributed by atoms with Gasteiger partial charge in [0, 0.05) is 23.3 Å². The lowest BCUT2D eigenvalue weighted by Crippen LogP contribution is -1.90. The molecule has 1 fully saturated rings. The van der Waals surface area contributed by atoms with E-state index in [4.69, 9.17) is 0 Å². The van der Waals surface area contributed by atoms with Gasteiger partial charge in [-0.3, -0.25) is 0 Å². The van der Waals surface area contributed by atoms with Crippen LogP contribution in [0.4, 0.5) is 14.5 Å². The third-order valence-corrected chi connectivity index (χ3v) is 4.99. The van der Waals surface area contributed by atoms with Crippen LogP contribution in [0.3, 0.4) is 0 Å². The molecule has 4 heteroatoms. The number of hydrogen-bond donors (Lipinski definition) is 0. The third-order valence-electron chi connectivity index (χ3n) is 4.90. The molecule has 0 unspecified atom stereocenters. The second-order valence-corrected chi connectivity index (χ2v) is 7.34. The maximum atomic E-state index is 14.3. The fourth-order valence-corrected chi connectivity index (χ4v) is 3.30. The molecule has 3 aromatic carbocycles. The van der Waals surface area contributed by atoms with E-state index in [9.17, 15) is 8.78 Å². The molecular weight excluding hydrogens is 384 g/mol. The van der Waals surface area contributed by atoms with Gasteiger partial charge in [-0.15, -0.1) is 0 Å². The highest BCUT2D eigenvalue weighted by Gasteiger charge is 2.21. The van der Waals surface area contributed by atoms with Crippen LogP contribution in [0, 0.1) is 29.4 Å². The summed E-state index contributed by atoms with van der Waals surface area (Å²) >= 11 is 4.47. The Balaban J connectivity index is 1.51. The summed E-state index contributed by atoms with van der Waals surface area (Å²) in [5.74, 6) is 5.70. The minimum atomic E-state index is -0.695. The normalized spacial score (nSPS) is 12.6. The molecule has 0 aliphatic heterocycles. The summed E-state index contributed by atoms with van der Waals surface area (Å²) in [6.45, 7) is 0. The fourth-order valence-electron chi connectivity index (χ4n) is 3.20. The maximum Gasteiger partial charge on any atom is 0.136 e. The lowest BCUT2D eigenvalue weighted by atomic mass is 10.0. The smallest absolute Gasteiger partial charge is 0.136 e. The van der Waals surface area contributed by atoms with Crippen molar-refractivity contribution >= 4 is 23.1 Å². The molecule has 1 aliphatic rings. The molecule has 0 saturated heterocycles. The van der Waals surface area contributed by atoms with Gasteiger partial charge in [0.05, 0.1) is 16.4 Å². The van der Waals surface area contributed by atoms with Crippen LogP contribution < -0.4 is 0 Å². The van der Waals surface area contributed by atoms with Crippen LogP contribution in [0.1, 0.15) is 29.5 Å². The zero-order chi connectivity index (χ0) is 20.2. The van der Waals surface area contributed by atoms with Crippen LogP contribution >= 0.6 is 12.2 Å². The molecule has 0 atom stereocenters. The molecule has 0 bridgehead atoms. The van der Waals surface area contributed by atoms with Crippen molar-refractivity contribution in [2.75, 3.05) is 0 Å². The van der Waals surface area contributed by atoms with E-state index in [1.54, 1.807) is 24.3 Å². The van der Waals surface area contributed by atoms with Gasteiger partial charge in [-0.25, -0.2) is 8.78 Å². The average Bonchev–Trinajstić information content (AvgIpc) is 3.52. The van der Waals surface area contributed by atoms with Gasteiger partial charge in [0.1, 0.15) is 11.6 Å². The average molecular weight is 401 g/mol. The monoisotopic (exact) mass is 401 g/mol. The van der Waals surface area contributed by atoms with Crippen molar-refractivity contribution in [1.82, 2.24) is 0 Å². The second-order valence-electron chi connectivity index (χ2n) is 7.16. The van der Waals surface area contributed by atoms with Crippen LogP contribution in [0.15, 0.2) is 65.7 Å². The van der Waals surface area contributed by atoms with E-state index in [2.05, 4.69) is 46.3 Å². The van der Waals surface area contributed by atoms with Gasteiger partial charge in [-0.1, -0.05) is 36.1 Å². The SMILES string of the molecule is Fc1cc(N=C=S)cc(F)c1-c1ccc(C#Cc2ccc(CC3CC3)cc2)cc1. The summed E-state index contributed by atoms with van der Waals surface area (Å²) in [4.78, 5) is 3.62. The lowest BCUT2D eigenvalue weighted by Gasteiger charge is -2.06. The number of rotatable bonds is 4. The van der Waals surface area contributed by atoms with Gasteiger partial charge in [0.25, 0.3) is 0 Å². The number of halogens is 2. The zero-order valence-electron chi connectivity index (χ0n) is 15.6. The molecule has 0 heterocycles. The Morgan fingerprint density at radius 3 is 1.93 bits per heavy atom. The topological polar surface area (TPSA) is 12.4 Å². The van der Waals surface area contributed by atoms with Crippen molar-refractivity contribution in [3.63, 3.8) is 0 Å². The fraction of sp³-hybridized carbons (Fsp3) is 0.160. The number of aliphatic imine (C=N–C) groups is 1. The van der Waals surface area contributed by atoms with Crippen molar-refractivity contribution in [1.29, 1.82) is 0 Å². The molecule has 29 heavy (non-hydrogen) atoms. The number of hydrogen-bond acceptors (Lipinski definition) is 2. The minimum Gasteiger partial charge on any atom is -0.206 e. The molecule has 4 rings (SSSR count). The molecule has 0 spiro atoms. The number of nitrogens with zero attached hydrogens (tertiary/aromatic N) is 1. The van der Waals surface area contributed by atoms with Crippen molar-refractivity contribution in [2.24, 2.45) is 10.9 Å². The van der Waals surface area contributed by atoms with E-state index in [-0.39, 0.29) is 11.3 Å². The maximum absolute atomic E-state index is 14.3. The van der Waals surface area contributed by atoms with E-state index in [1.165, 1.54) is 18.4 Å². The molecule has 0 N–H and O–H groups in total. The van der Waals surface area contributed by atoms with Crippen LogP contribution in [-0.2, 0) is 6.42 Å². The predicted molar refractivity (Wildman–Crippen MR) is 115 cm³/mol. The van der Waals surface area contributed by atoms with E-state index >= 15 is 0 Å². The molecule has 1 nitrogen and oxygen atoms in total. The van der Waals surface area contributed by atoms with Gasteiger partial charge in [0.2, 0.25) is 0 Å². The Kier molecular flexibility index (Phi) is 5.62. The van der Waals surface area contributed by atoms with Crippen molar-refractivity contribution in [2.45, 2.75) is 19.3 Å². The molecule has 3 aromatic rings. The molecule has 142 valence electrons. The predicted octanol–water partition coefficient (Wildman–Crippen LogP) is 6.72. The van der Waals surface area contributed by atoms with E-state index in [0.29, 0.717) is 5.56 Å². The molecular formula is C25H17F2NS. The van der Waals surface area contributed by atoms with Crippen LogP contribution in [-0.4, -0.2) is 5.16 Å². The Morgan fingerprint density at radius 1 is 0.862 bits per heavy atom. The number of isothiocyanates is 1. The molecule has 1 saturated carbocycles. The Labute approximate surface area is 174 Å². The van der Waals surface area contributed by atoms with E-state index in [1.807, 2.05) is 12.1 Å². The minimum absolute atomic E-state index is 0.0981. The standard InChI is InChI=1S/C25H17F2NS/c26-23-14-22(28-16-29)15-24(27)25(23)21-11-9-18(10-12-21)2-1-17-3-5-19(6-4-17)13-20-7-8-20/h3-6,9-12,14-15,20H,7-8,13H2. The van der Waals surface area contributed by atoms with Gasteiger partial charge in [0.15, 0.2) is 0 Å². The first-order valence-electron chi connectivity index (χ1n) is 9.41. The van der Waals surface area contributed by atoms with Gasteiger partial charge in [-0.05, 0) is 72.8 Å². The summed E-state index contributed by atoms with van der Waals surface area (Å²) < 4.78 is 28.6. The van der Waals surface area contributed by atoms with Crippen LogP contribution in [0.25, 0.3) is 11.1 Å². The first-order chi connectivity index (χ1) is 14.1. The molecule has 0 radical (unpaired) electrons. The van der Waals surface area contributed by atoms with E-state index < -0.39 is 11.6 Å². The first kappa shape index (κ1) is 19.2. The highest BCUT2D eigenvalue weighted by molar-refractivity contribution is 7.78. The Bertz CT molecular complexity index is 1120.